The van der Waals surface area contributed by atoms with E-state index in [4.69, 9.17) is 0 Å². The minimum Gasteiger partial charge on any atom is -0.303 e. The van der Waals surface area contributed by atoms with Crippen LogP contribution in [0.1, 0.15) is 19.3 Å². The summed E-state index contributed by atoms with van der Waals surface area (Å²) in [4.78, 5) is 19.1. The Morgan fingerprint density at radius 2 is 1.57 bits per heavy atom. The summed E-state index contributed by atoms with van der Waals surface area (Å²) in [5.41, 5.74) is 0. The summed E-state index contributed by atoms with van der Waals surface area (Å²) in [7, 11) is 0. The summed E-state index contributed by atoms with van der Waals surface area (Å²) in [6, 6.07) is 0. The summed E-state index contributed by atoms with van der Waals surface area (Å²) in [5.74, 6) is 0. The summed E-state index contributed by atoms with van der Waals surface area (Å²) in [6.07, 6.45) is 3.37. The first kappa shape index (κ1) is 6.34. The quantitative estimate of drug-likeness (QED) is 0.384. The van der Waals surface area contributed by atoms with E-state index in [-0.39, 0.29) is 0 Å². The highest BCUT2D eigenvalue weighted by Gasteiger charge is 1.80. The van der Waals surface area contributed by atoms with Gasteiger partial charge in [0.05, 0.1) is 0 Å². The lowest BCUT2D eigenvalue weighted by Gasteiger charge is -1.78. The van der Waals surface area contributed by atoms with E-state index in [1.54, 1.807) is 0 Å². The second-order valence-electron chi connectivity index (χ2n) is 1.26. The van der Waals surface area contributed by atoms with Gasteiger partial charge in [0.25, 0.3) is 0 Å². The number of unbranched alkanes of at least 4 members (excludes halogenated alkanes) is 2. The van der Waals surface area contributed by atoms with E-state index in [0.717, 1.165) is 12.6 Å². The van der Waals surface area contributed by atoms with Crippen LogP contribution in [0.2, 0.25) is 0 Å². The molecule has 2 heteroatoms. The lowest BCUT2D eigenvalue weighted by molar-refractivity contribution is -0.108. The van der Waals surface area contributed by atoms with Crippen molar-refractivity contribution >= 4 is 12.6 Å². The number of hydrogen-bond acceptors (Lipinski definition) is 2. The van der Waals surface area contributed by atoms with Crippen LogP contribution in [0.4, 0.5) is 0 Å². The zero-order chi connectivity index (χ0) is 5.54. The highest BCUT2D eigenvalue weighted by Crippen LogP contribution is 1.85. The molecular formula is C5H8O2. The number of carbonyl (C=O) groups is 2. The standard InChI is InChI=1S/C5H8O2/c6-4-2-1-3-5-7/h4-5H,1-3H2/i1+2. The summed E-state index contributed by atoms with van der Waals surface area (Å²) in [5, 5.41) is 0. The Bertz CT molecular complexity index is 51.1. The number of rotatable bonds is 4. The summed E-state index contributed by atoms with van der Waals surface area (Å²) >= 11 is 0. The Morgan fingerprint density at radius 3 is 1.86 bits per heavy atom. The van der Waals surface area contributed by atoms with E-state index in [1.807, 2.05) is 0 Å². The fourth-order valence-electron chi connectivity index (χ4n) is 0.285. The predicted octanol–water partition coefficient (Wildman–Crippen LogP) is 0.554. The molecular weight excluding hydrogens is 94.0 g/mol. The number of carbonyl (C=O) groups excluding carboxylic acids is 2. The maximum absolute atomic E-state index is 9.56. The third-order valence-corrected chi connectivity index (χ3v) is 0.644. The Hall–Kier alpha value is -0.660. The van der Waals surface area contributed by atoms with Gasteiger partial charge in [-0.2, -0.15) is 0 Å². The first-order valence-electron chi connectivity index (χ1n) is 2.29. The van der Waals surface area contributed by atoms with Gasteiger partial charge >= 0.3 is 0 Å². The van der Waals surface area contributed by atoms with Crippen LogP contribution in [0.25, 0.3) is 0 Å². The van der Waals surface area contributed by atoms with Gasteiger partial charge in [-0.1, -0.05) is 0 Å². The summed E-state index contributed by atoms with van der Waals surface area (Å²) < 4.78 is 0. The van der Waals surface area contributed by atoms with Crippen molar-refractivity contribution in [2.75, 3.05) is 0 Å². The minimum absolute atomic E-state index is 0.513. The van der Waals surface area contributed by atoms with Crippen molar-refractivity contribution in [3.63, 3.8) is 0 Å². The molecule has 0 unspecified atom stereocenters. The Labute approximate surface area is 42.5 Å². The normalized spacial score (nSPS) is 8.00. The van der Waals surface area contributed by atoms with E-state index in [9.17, 15) is 9.59 Å². The molecule has 0 rings (SSSR count). The lowest BCUT2D eigenvalue weighted by atomic mass is 10.6. The molecule has 0 radical (unpaired) electrons. The van der Waals surface area contributed by atoms with Crippen LogP contribution in [0.3, 0.4) is 0 Å². The molecule has 0 aromatic carbocycles. The molecule has 0 heterocycles. The van der Waals surface area contributed by atoms with Crippen molar-refractivity contribution < 1.29 is 9.59 Å². The van der Waals surface area contributed by atoms with Gasteiger partial charge in [-0.25, -0.2) is 0 Å². The van der Waals surface area contributed by atoms with Crippen LogP contribution < -0.4 is 0 Å². The van der Waals surface area contributed by atoms with Gasteiger partial charge in [0.1, 0.15) is 12.6 Å². The Balaban J connectivity index is 2.68. The zero-order valence-electron chi connectivity index (χ0n) is 4.09. The molecule has 0 spiro atoms. The van der Waals surface area contributed by atoms with Gasteiger partial charge < -0.3 is 9.59 Å². The first-order valence-corrected chi connectivity index (χ1v) is 2.29. The predicted molar refractivity (Wildman–Crippen MR) is 26.0 cm³/mol. The van der Waals surface area contributed by atoms with E-state index in [0.29, 0.717) is 19.3 Å². The van der Waals surface area contributed by atoms with Crippen LogP contribution in [0, 0.1) is 0 Å². The summed E-state index contributed by atoms with van der Waals surface area (Å²) in [6.45, 7) is 0. The molecule has 0 aliphatic carbocycles. The van der Waals surface area contributed by atoms with Gasteiger partial charge in [0.15, 0.2) is 0 Å². The molecule has 0 saturated carbocycles. The highest BCUT2D eigenvalue weighted by molar-refractivity contribution is 5.52. The molecule has 0 aromatic rings. The molecule has 7 heavy (non-hydrogen) atoms. The van der Waals surface area contributed by atoms with Gasteiger partial charge in [0.2, 0.25) is 0 Å². The lowest BCUT2D eigenvalue weighted by Crippen LogP contribution is -1.76. The van der Waals surface area contributed by atoms with E-state index < -0.39 is 0 Å². The molecule has 0 fully saturated rings. The molecule has 40 valence electrons. The maximum Gasteiger partial charge on any atom is 0.120 e. The van der Waals surface area contributed by atoms with Crippen molar-refractivity contribution in [1.82, 2.24) is 0 Å². The Kier molecular flexibility index (Phi) is 4.84. The van der Waals surface area contributed by atoms with Gasteiger partial charge in [-0.3, -0.25) is 0 Å². The number of hydrogen-bond donors (Lipinski definition) is 0. The second kappa shape index (κ2) is 5.34. The average Bonchev–Trinajstić information content (AvgIpc) is 1.69. The van der Waals surface area contributed by atoms with E-state index >= 15 is 0 Å². The molecule has 0 aliphatic heterocycles. The van der Waals surface area contributed by atoms with Gasteiger partial charge in [-0.15, -0.1) is 0 Å². The van der Waals surface area contributed by atoms with Gasteiger partial charge in [0, 0.05) is 12.8 Å². The van der Waals surface area contributed by atoms with Crippen molar-refractivity contribution in [3.8, 4) is 0 Å². The van der Waals surface area contributed by atoms with Gasteiger partial charge in [-0.05, 0) is 6.42 Å². The largest absolute Gasteiger partial charge is 0.303 e. The van der Waals surface area contributed by atoms with E-state index in [2.05, 4.69) is 0 Å². The van der Waals surface area contributed by atoms with Crippen molar-refractivity contribution in [2.24, 2.45) is 0 Å². The van der Waals surface area contributed by atoms with Crippen LogP contribution in [-0.2, 0) is 9.59 Å². The van der Waals surface area contributed by atoms with E-state index in [1.165, 1.54) is 0 Å². The van der Waals surface area contributed by atoms with Crippen LogP contribution >= 0.6 is 0 Å². The Morgan fingerprint density at radius 1 is 1.14 bits per heavy atom. The maximum atomic E-state index is 9.56. The first-order chi connectivity index (χ1) is 3.41. The average molecular weight is 102 g/mol. The minimum atomic E-state index is 0.513. The van der Waals surface area contributed by atoms with Crippen molar-refractivity contribution in [2.45, 2.75) is 19.3 Å². The highest BCUT2D eigenvalue weighted by atomic mass is 16.1. The monoisotopic (exact) mass is 102 g/mol. The molecule has 0 aliphatic rings. The molecule has 2 nitrogen and oxygen atoms in total. The fourth-order valence-corrected chi connectivity index (χ4v) is 0.285. The zero-order valence-corrected chi connectivity index (χ0v) is 4.09. The molecule has 0 saturated heterocycles. The van der Waals surface area contributed by atoms with Crippen LogP contribution in [0.15, 0.2) is 0 Å². The topological polar surface area (TPSA) is 34.1 Å². The van der Waals surface area contributed by atoms with Crippen molar-refractivity contribution in [3.05, 3.63) is 0 Å². The second-order valence-corrected chi connectivity index (χ2v) is 1.26. The fraction of sp³-hybridized carbons (Fsp3) is 0.600. The smallest absolute Gasteiger partial charge is 0.120 e. The third-order valence-electron chi connectivity index (χ3n) is 0.644. The molecule has 0 atom stereocenters. The van der Waals surface area contributed by atoms with Crippen molar-refractivity contribution in [1.29, 1.82) is 0 Å². The molecule has 0 N–H and O–H groups in total. The van der Waals surface area contributed by atoms with Crippen LogP contribution in [-0.4, -0.2) is 12.6 Å². The number of aldehydes is 2. The van der Waals surface area contributed by atoms with Crippen LogP contribution in [0.5, 0.6) is 0 Å². The third kappa shape index (κ3) is 5.34. The molecule has 0 amide bonds. The molecule has 0 aromatic heterocycles. The molecule has 0 bridgehead atoms. The SMILES string of the molecule is O=CC[14CH2]CC=O.